The van der Waals surface area contributed by atoms with Gasteiger partial charge in [-0.3, -0.25) is 0 Å². The Hall–Kier alpha value is -1.68. The molecule has 2 heterocycles. The first-order valence-corrected chi connectivity index (χ1v) is 3.93. The van der Waals surface area contributed by atoms with Crippen LogP contribution in [0.15, 0.2) is 36.8 Å². The standard InChI is InChI=1S/C9H8N3O/c13-7-8-2-3-9(10-6-8)12-5-1-4-11-12/h1-6H,7H2. The largest absolute Gasteiger partial charge is 0.237 e. The summed E-state index contributed by atoms with van der Waals surface area (Å²) < 4.78 is 1.65. The Labute approximate surface area is 75.5 Å². The molecule has 0 saturated carbocycles. The van der Waals surface area contributed by atoms with Gasteiger partial charge in [0.1, 0.15) is 6.61 Å². The normalized spacial score (nSPS) is 10.2. The monoisotopic (exact) mass is 174 g/mol. The molecule has 2 aromatic heterocycles. The fourth-order valence-corrected chi connectivity index (χ4v) is 1.04. The first kappa shape index (κ1) is 7.94. The van der Waals surface area contributed by atoms with Crippen molar-refractivity contribution < 1.29 is 5.11 Å². The topological polar surface area (TPSA) is 50.6 Å². The van der Waals surface area contributed by atoms with Gasteiger partial charge in [-0.05, 0) is 17.7 Å². The van der Waals surface area contributed by atoms with Crippen molar-refractivity contribution in [2.75, 3.05) is 0 Å². The van der Waals surface area contributed by atoms with Gasteiger partial charge in [-0.2, -0.15) is 5.10 Å². The average Bonchev–Trinajstić information content (AvgIpc) is 2.71. The second-order valence-corrected chi connectivity index (χ2v) is 2.62. The highest BCUT2D eigenvalue weighted by Crippen LogP contribution is 2.03. The van der Waals surface area contributed by atoms with Crippen LogP contribution in [0, 0.1) is 0 Å². The minimum absolute atomic E-state index is 0.230. The Morgan fingerprint density at radius 1 is 1.38 bits per heavy atom. The van der Waals surface area contributed by atoms with E-state index in [1.807, 2.05) is 6.07 Å². The van der Waals surface area contributed by atoms with Crippen molar-refractivity contribution in [1.82, 2.24) is 14.8 Å². The molecule has 1 radical (unpaired) electrons. The van der Waals surface area contributed by atoms with E-state index >= 15 is 0 Å². The van der Waals surface area contributed by atoms with Gasteiger partial charge >= 0.3 is 0 Å². The summed E-state index contributed by atoms with van der Waals surface area (Å²) in [5.41, 5.74) is 0.691. The molecule has 0 N–H and O–H groups in total. The highest BCUT2D eigenvalue weighted by atomic mass is 16.3. The molecule has 65 valence electrons. The maximum absolute atomic E-state index is 10.5. The number of pyridine rings is 1. The van der Waals surface area contributed by atoms with Crippen molar-refractivity contribution in [1.29, 1.82) is 0 Å². The molecule has 0 aliphatic carbocycles. The van der Waals surface area contributed by atoms with Gasteiger partial charge < -0.3 is 0 Å². The molecular formula is C9H8N3O. The van der Waals surface area contributed by atoms with E-state index in [4.69, 9.17) is 0 Å². The zero-order chi connectivity index (χ0) is 9.10. The Morgan fingerprint density at radius 3 is 2.85 bits per heavy atom. The van der Waals surface area contributed by atoms with Crippen molar-refractivity contribution in [3.05, 3.63) is 42.4 Å². The third-order valence-electron chi connectivity index (χ3n) is 1.71. The lowest BCUT2D eigenvalue weighted by molar-refractivity contribution is 0.177. The van der Waals surface area contributed by atoms with E-state index in [0.717, 1.165) is 5.82 Å². The number of rotatable bonds is 2. The van der Waals surface area contributed by atoms with E-state index in [2.05, 4.69) is 10.1 Å². The van der Waals surface area contributed by atoms with Crippen molar-refractivity contribution in [3.8, 4) is 5.82 Å². The van der Waals surface area contributed by atoms with Crippen LogP contribution in [0.1, 0.15) is 5.56 Å². The maximum atomic E-state index is 10.5. The predicted molar refractivity (Wildman–Crippen MR) is 45.7 cm³/mol. The zero-order valence-corrected chi connectivity index (χ0v) is 6.92. The second-order valence-electron chi connectivity index (χ2n) is 2.62. The molecule has 2 aromatic rings. The van der Waals surface area contributed by atoms with Crippen LogP contribution in [0.2, 0.25) is 0 Å². The summed E-state index contributed by atoms with van der Waals surface area (Å²) in [5, 5.41) is 14.5. The predicted octanol–water partition coefficient (Wildman–Crippen LogP) is 1.20. The summed E-state index contributed by atoms with van der Waals surface area (Å²) in [7, 11) is 0. The van der Waals surface area contributed by atoms with Crippen LogP contribution in [0.4, 0.5) is 0 Å². The second kappa shape index (κ2) is 3.37. The Kier molecular flexibility index (Phi) is 2.06. The molecule has 0 atom stereocenters. The Balaban J connectivity index is 2.33. The van der Waals surface area contributed by atoms with Crippen LogP contribution in [0.25, 0.3) is 5.82 Å². The van der Waals surface area contributed by atoms with Gasteiger partial charge in [0.15, 0.2) is 5.82 Å². The molecule has 0 saturated heterocycles. The first-order chi connectivity index (χ1) is 6.40. The fraction of sp³-hybridized carbons (Fsp3) is 0.111. The molecule has 0 spiro atoms. The Bertz CT molecular complexity index is 366. The van der Waals surface area contributed by atoms with Gasteiger partial charge in [0.25, 0.3) is 0 Å². The number of aromatic nitrogens is 3. The highest BCUT2D eigenvalue weighted by molar-refractivity contribution is 5.23. The van der Waals surface area contributed by atoms with Crippen molar-refractivity contribution in [2.24, 2.45) is 0 Å². The maximum Gasteiger partial charge on any atom is 0.153 e. The molecule has 0 aliphatic heterocycles. The van der Waals surface area contributed by atoms with E-state index in [1.165, 1.54) is 0 Å². The van der Waals surface area contributed by atoms with Gasteiger partial charge in [-0.25, -0.2) is 14.8 Å². The molecule has 0 bridgehead atoms. The fourth-order valence-electron chi connectivity index (χ4n) is 1.04. The summed E-state index contributed by atoms with van der Waals surface area (Å²) in [5.74, 6) is 0.724. The van der Waals surface area contributed by atoms with Crippen LogP contribution in [-0.2, 0) is 11.7 Å². The smallest absolute Gasteiger partial charge is 0.153 e. The molecule has 0 amide bonds. The molecule has 2 rings (SSSR count). The quantitative estimate of drug-likeness (QED) is 0.686. The molecule has 0 fully saturated rings. The molecule has 0 aromatic carbocycles. The van der Waals surface area contributed by atoms with Crippen molar-refractivity contribution in [2.45, 2.75) is 6.61 Å². The van der Waals surface area contributed by atoms with E-state index in [9.17, 15) is 5.11 Å². The van der Waals surface area contributed by atoms with Crippen LogP contribution in [0.3, 0.4) is 0 Å². The number of hydrogen-bond acceptors (Lipinski definition) is 2. The first-order valence-electron chi connectivity index (χ1n) is 3.93. The van der Waals surface area contributed by atoms with E-state index in [1.54, 1.807) is 35.4 Å². The molecule has 4 nitrogen and oxygen atoms in total. The summed E-state index contributed by atoms with van der Waals surface area (Å²) >= 11 is 0. The molecule has 0 aliphatic rings. The Morgan fingerprint density at radius 2 is 2.31 bits per heavy atom. The molecular weight excluding hydrogens is 166 g/mol. The number of nitrogens with zero attached hydrogens (tertiary/aromatic N) is 3. The summed E-state index contributed by atoms with van der Waals surface area (Å²) in [4.78, 5) is 4.09. The van der Waals surface area contributed by atoms with Crippen LogP contribution < -0.4 is 0 Å². The summed E-state index contributed by atoms with van der Waals surface area (Å²) in [6.45, 7) is -0.230. The highest BCUT2D eigenvalue weighted by Gasteiger charge is 1.97. The minimum atomic E-state index is -0.230. The van der Waals surface area contributed by atoms with E-state index in [0.29, 0.717) is 5.56 Å². The van der Waals surface area contributed by atoms with E-state index in [-0.39, 0.29) is 6.61 Å². The van der Waals surface area contributed by atoms with Gasteiger partial charge in [0, 0.05) is 18.6 Å². The zero-order valence-electron chi connectivity index (χ0n) is 6.92. The third kappa shape index (κ3) is 1.57. The summed E-state index contributed by atoms with van der Waals surface area (Å²) in [6.07, 6.45) is 5.06. The summed E-state index contributed by atoms with van der Waals surface area (Å²) in [6, 6.07) is 5.36. The van der Waals surface area contributed by atoms with Crippen LogP contribution >= 0.6 is 0 Å². The van der Waals surface area contributed by atoms with Crippen LogP contribution in [-0.4, -0.2) is 14.8 Å². The van der Waals surface area contributed by atoms with Crippen LogP contribution in [0.5, 0.6) is 0 Å². The SMILES string of the molecule is [O]Cc1ccc(-n2cccn2)nc1. The van der Waals surface area contributed by atoms with Crippen molar-refractivity contribution in [3.63, 3.8) is 0 Å². The lowest BCUT2D eigenvalue weighted by Gasteiger charge is -1.99. The molecule has 13 heavy (non-hydrogen) atoms. The van der Waals surface area contributed by atoms with Crippen molar-refractivity contribution >= 4 is 0 Å². The van der Waals surface area contributed by atoms with Gasteiger partial charge in [-0.1, -0.05) is 6.07 Å². The number of hydrogen-bond donors (Lipinski definition) is 0. The van der Waals surface area contributed by atoms with Gasteiger partial charge in [0.05, 0.1) is 0 Å². The lowest BCUT2D eigenvalue weighted by atomic mass is 10.3. The lowest BCUT2D eigenvalue weighted by Crippen LogP contribution is -1.97. The molecule has 0 unspecified atom stereocenters. The third-order valence-corrected chi connectivity index (χ3v) is 1.71. The van der Waals surface area contributed by atoms with Gasteiger partial charge in [0.2, 0.25) is 0 Å². The van der Waals surface area contributed by atoms with E-state index < -0.39 is 0 Å². The van der Waals surface area contributed by atoms with Gasteiger partial charge in [-0.15, -0.1) is 0 Å². The molecule has 4 heteroatoms. The minimum Gasteiger partial charge on any atom is -0.237 e. The average molecular weight is 174 g/mol.